The molecular weight excluding hydrogens is 436 g/mol. The quantitative estimate of drug-likeness (QED) is 0.495. The van der Waals surface area contributed by atoms with Crippen LogP contribution in [0.25, 0.3) is 0 Å². The van der Waals surface area contributed by atoms with Gasteiger partial charge in [0.25, 0.3) is 5.91 Å². The molecule has 1 unspecified atom stereocenters. The van der Waals surface area contributed by atoms with Gasteiger partial charge in [0.05, 0.1) is 25.0 Å². The van der Waals surface area contributed by atoms with Gasteiger partial charge in [-0.15, -0.1) is 0 Å². The lowest BCUT2D eigenvalue weighted by atomic mass is 10.1. The molecule has 180 valence electrons. The number of benzene rings is 2. The van der Waals surface area contributed by atoms with Gasteiger partial charge in [0, 0.05) is 29.7 Å². The Hall–Kier alpha value is -3.68. The van der Waals surface area contributed by atoms with Crippen LogP contribution in [0.4, 0.5) is 0 Å². The Morgan fingerprint density at radius 3 is 2.68 bits per heavy atom. The molecule has 1 atom stereocenters. The minimum atomic E-state index is -0.229. The van der Waals surface area contributed by atoms with Gasteiger partial charge in [0.15, 0.2) is 11.5 Å². The van der Waals surface area contributed by atoms with Crippen molar-refractivity contribution in [2.45, 2.75) is 53.4 Å². The van der Waals surface area contributed by atoms with Crippen LogP contribution < -0.4 is 24.3 Å². The fourth-order valence-electron chi connectivity index (χ4n) is 3.97. The van der Waals surface area contributed by atoms with Crippen LogP contribution >= 0.6 is 0 Å². The van der Waals surface area contributed by atoms with Crippen molar-refractivity contribution in [1.82, 2.24) is 10.5 Å². The molecule has 0 radical (unpaired) electrons. The number of amides is 1. The van der Waals surface area contributed by atoms with E-state index >= 15 is 0 Å². The highest BCUT2D eigenvalue weighted by atomic mass is 16.5. The van der Waals surface area contributed by atoms with E-state index < -0.39 is 0 Å². The molecule has 2 aromatic carbocycles. The van der Waals surface area contributed by atoms with Crippen LogP contribution in [-0.2, 0) is 19.6 Å². The van der Waals surface area contributed by atoms with Gasteiger partial charge in [-0.25, -0.2) is 0 Å². The lowest BCUT2D eigenvalue weighted by Gasteiger charge is -2.14. The van der Waals surface area contributed by atoms with Crippen molar-refractivity contribution < 1.29 is 28.3 Å². The van der Waals surface area contributed by atoms with Gasteiger partial charge in [-0.1, -0.05) is 5.16 Å². The van der Waals surface area contributed by atoms with Crippen LogP contribution in [0, 0.1) is 13.8 Å². The van der Waals surface area contributed by atoms with Gasteiger partial charge >= 0.3 is 0 Å². The van der Waals surface area contributed by atoms with Crippen molar-refractivity contribution in [2.75, 3.05) is 13.7 Å². The Balaban J connectivity index is 1.45. The van der Waals surface area contributed by atoms with E-state index in [0.29, 0.717) is 42.6 Å². The fraction of sp³-hybridized carbons (Fsp3) is 0.385. The van der Waals surface area contributed by atoms with Gasteiger partial charge in [-0.05, 0) is 58.0 Å². The van der Waals surface area contributed by atoms with Gasteiger partial charge in [-0.3, -0.25) is 4.79 Å². The normalized spacial score (nSPS) is 14.3. The molecule has 3 aromatic rings. The van der Waals surface area contributed by atoms with E-state index in [1.165, 1.54) is 0 Å². The number of aromatic nitrogens is 1. The molecule has 8 heteroatoms. The van der Waals surface area contributed by atoms with Crippen LogP contribution in [0.2, 0.25) is 0 Å². The Kier molecular flexibility index (Phi) is 6.95. The molecule has 0 saturated carbocycles. The largest absolute Gasteiger partial charge is 0.494 e. The molecule has 1 N–H and O–H groups in total. The first-order chi connectivity index (χ1) is 16.4. The number of ether oxygens (including phenoxy) is 4. The maximum Gasteiger partial charge on any atom is 0.251 e. The van der Waals surface area contributed by atoms with Crippen molar-refractivity contribution in [3.63, 3.8) is 0 Å². The molecular formula is C26H30N2O6. The summed E-state index contributed by atoms with van der Waals surface area (Å²) in [7, 11) is 1.54. The summed E-state index contributed by atoms with van der Waals surface area (Å²) < 4.78 is 28.2. The van der Waals surface area contributed by atoms with E-state index in [2.05, 4.69) is 10.5 Å². The number of nitrogens with one attached hydrogen (secondary N) is 1. The second kappa shape index (κ2) is 10.1. The van der Waals surface area contributed by atoms with E-state index in [0.717, 1.165) is 40.3 Å². The molecule has 0 aliphatic carbocycles. The SMILES string of the molecule is CCOc1cc2c(cc1CNC(=O)c1ccc(OCc3c(C)noc3C)c(OC)c1)OC(C)C2. The number of rotatable bonds is 9. The van der Waals surface area contributed by atoms with Crippen LogP contribution in [0.5, 0.6) is 23.0 Å². The highest BCUT2D eigenvalue weighted by molar-refractivity contribution is 5.94. The molecule has 1 aliphatic heterocycles. The second-order valence-corrected chi connectivity index (χ2v) is 8.27. The predicted molar refractivity (Wildman–Crippen MR) is 126 cm³/mol. The summed E-state index contributed by atoms with van der Waals surface area (Å²) in [5.41, 5.74) is 4.13. The highest BCUT2D eigenvalue weighted by Gasteiger charge is 2.22. The van der Waals surface area contributed by atoms with Crippen LogP contribution in [0.3, 0.4) is 0 Å². The zero-order valence-corrected chi connectivity index (χ0v) is 20.2. The summed E-state index contributed by atoms with van der Waals surface area (Å²) in [6, 6.07) is 9.06. The Bertz CT molecular complexity index is 1170. The smallest absolute Gasteiger partial charge is 0.251 e. The second-order valence-electron chi connectivity index (χ2n) is 8.27. The first-order valence-corrected chi connectivity index (χ1v) is 11.4. The molecule has 0 spiro atoms. The molecule has 0 fully saturated rings. The first kappa shape index (κ1) is 23.5. The number of hydrogen-bond donors (Lipinski definition) is 1. The third-order valence-electron chi connectivity index (χ3n) is 5.80. The minimum absolute atomic E-state index is 0.139. The maximum absolute atomic E-state index is 12.9. The number of carbonyl (C=O) groups is 1. The number of aryl methyl sites for hydroxylation is 2. The van der Waals surface area contributed by atoms with E-state index in [1.807, 2.05) is 39.8 Å². The van der Waals surface area contributed by atoms with Crippen LogP contribution in [0.15, 0.2) is 34.9 Å². The van der Waals surface area contributed by atoms with E-state index in [9.17, 15) is 4.79 Å². The fourth-order valence-corrected chi connectivity index (χ4v) is 3.97. The zero-order valence-electron chi connectivity index (χ0n) is 20.2. The van der Waals surface area contributed by atoms with Gasteiger partial charge in [0.2, 0.25) is 0 Å². The number of nitrogens with zero attached hydrogens (tertiary/aromatic N) is 1. The summed E-state index contributed by atoms with van der Waals surface area (Å²) in [4.78, 5) is 12.9. The minimum Gasteiger partial charge on any atom is -0.494 e. The lowest BCUT2D eigenvalue weighted by molar-refractivity contribution is 0.0950. The molecule has 1 aromatic heterocycles. The average Bonchev–Trinajstić information content (AvgIpc) is 3.35. The van der Waals surface area contributed by atoms with E-state index in [4.69, 9.17) is 23.5 Å². The van der Waals surface area contributed by atoms with Crippen molar-refractivity contribution >= 4 is 5.91 Å². The molecule has 4 rings (SSSR count). The molecule has 2 heterocycles. The lowest BCUT2D eigenvalue weighted by Crippen LogP contribution is -2.23. The maximum atomic E-state index is 12.9. The molecule has 0 bridgehead atoms. The van der Waals surface area contributed by atoms with Gasteiger partial charge < -0.3 is 28.8 Å². The third-order valence-corrected chi connectivity index (χ3v) is 5.80. The standard InChI is InChI=1S/C26H30N2O6/c1-6-31-23-11-19-9-15(2)33-24(19)12-20(23)13-27-26(29)18-7-8-22(25(10-18)30-5)32-14-21-16(3)28-34-17(21)4/h7-8,10-12,15H,6,9,13-14H2,1-5H3,(H,27,29). The molecule has 1 amide bonds. The highest BCUT2D eigenvalue weighted by Crippen LogP contribution is 2.35. The van der Waals surface area contributed by atoms with E-state index in [1.54, 1.807) is 25.3 Å². The van der Waals surface area contributed by atoms with Crippen LogP contribution in [-0.4, -0.2) is 30.9 Å². The predicted octanol–water partition coefficient (Wildman–Crippen LogP) is 4.53. The summed E-state index contributed by atoms with van der Waals surface area (Å²) in [6.07, 6.45) is 0.993. The van der Waals surface area contributed by atoms with Gasteiger partial charge in [-0.2, -0.15) is 0 Å². The summed E-state index contributed by atoms with van der Waals surface area (Å²) in [5, 5.41) is 6.90. The first-order valence-electron chi connectivity index (χ1n) is 11.4. The van der Waals surface area contributed by atoms with Gasteiger partial charge in [0.1, 0.15) is 30.0 Å². The zero-order chi connectivity index (χ0) is 24.2. The number of carbonyl (C=O) groups excluding carboxylic acids is 1. The number of methoxy groups -OCH3 is 1. The van der Waals surface area contributed by atoms with Crippen molar-refractivity contribution in [2.24, 2.45) is 0 Å². The summed E-state index contributed by atoms with van der Waals surface area (Å²) >= 11 is 0. The van der Waals surface area contributed by atoms with Crippen molar-refractivity contribution in [3.05, 3.63) is 64.0 Å². The number of hydrogen-bond acceptors (Lipinski definition) is 7. The molecule has 34 heavy (non-hydrogen) atoms. The van der Waals surface area contributed by atoms with E-state index in [-0.39, 0.29) is 12.0 Å². The Morgan fingerprint density at radius 1 is 1.15 bits per heavy atom. The van der Waals surface area contributed by atoms with Crippen molar-refractivity contribution in [1.29, 1.82) is 0 Å². The summed E-state index contributed by atoms with van der Waals surface area (Å²) in [5.74, 6) is 3.09. The third kappa shape index (κ3) is 4.95. The average molecular weight is 467 g/mol. The summed E-state index contributed by atoms with van der Waals surface area (Å²) in [6.45, 7) is 8.84. The Labute approximate surface area is 199 Å². The van der Waals surface area contributed by atoms with Crippen molar-refractivity contribution in [3.8, 4) is 23.0 Å². The Morgan fingerprint density at radius 2 is 1.97 bits per heavy atom. The number of fused-ring (bicyclic) bond motifs is 1. The molecule has 0 saturated heterocycles. The topological polar surface area (TPSA) is 92.1 Å². The molecule has 1 aliphatic rings. The van der Waals surface area contributed by atoms with Crippen LogP contribution in [0.1, 0.15) is 52.3 Å². The molecule has 8 nitrogen and oxygen atoms in total. The monoisotopic (exact) mass is 466 g/mol.